The summed E-state index contributed by atoms with van der Waals surface area (Å²) in [6.45, 7) is 39.6. The molecule has 4 aromatic carbocycles. The Bertz CT molecular complexity index is 1580. The van der Waals surface area contributed by atoms with E-state index in [0.717, 1.165) is 33.6 Å². The van der Waals surface area contributed by atoms with E-state index >= 15 is 0 Å². The molecular weight excluding hydrogens is 869 g/mol. The first-order chi connectivity index (χ1) is 24.4. The maximum Gasteiger partial charge on any atom is 0.0757 e. The Hall–Kier alpha value is -3.38. The molecule has 0 heterocycles. The second kappa shape index (κ2) is 22.5. The van der Waals surface area contributed by atoms with Crippen LogP contribution >= 0.6 is 0 Å². The first-order valence-corrected chi connectivity index (χ1v) is 19.5. The fraction of sp³-hybridized carbons (Fsp3) is 0.500. The van der Waals surface area contributed by atoms with Crippen molar-refractivity contribution in [2.45, 2.75) is 132 Å². The van der Waals surface area contributed by atoms with Crippen molar-refractivity contribution < 1.29 is 46.1 Å². The third-order valence-corrected chi connectivity index (χ3v) is 10.2. The third kappa shape index (κ3) is 15.9. The van der Waals surface area contributed by atoms with Gasteiger partial charge in [-0.2, -0.15) is 0 Å². The summed E-state index contributed by atoms with van der Waals surface area (Å²) in [7, 11) is 0. The maximum absolute atomic E-state index is 12.8. The van der Waals surface area contributed by atoms with Gasteiger partial charge in [0.2, 0.25) is 0 Å². The molecule has 0 aliphatic rings. The molecule has 0 saturated heterocycles. The van der Waals surface area contributed by atoms with E-state index in [1.165, 1.54) is 30.7 Å². The van der Waals surface area contributed by atoms with E-state index < -0.39 is 0 Å². The zero-order chi connectivity index (χ0) is 40.4. The first-order valence-electron chi connectivity index (χ1n) is 19.5. The van der Waals surface area contributed by atoms with Gasteiger partial charge in [-0.25, -0.2) is 0 Å². The minimum atomic E-state index is -0.195. The number of quaternary nitrogens is 1. The van der Waals surface area contributed by atoms with Crippen molar-refractivity contribution >= 4 is 22.7 Å². The summed E-state index contributed by atoms with van der Waals surface area (Å²) in [6, 6.07) is 27.3. The molecule has 0 fully saturated rings. The van der Waals surface area contributed by atoms with E-state index in [2.05, 4.69) is 121 Å². The number of para-hydroxylation sites is 2. The second-order valence-electron chi connectivity index (χ2n) is 18.2. The van der Waals surface area contributed by atoms with Crippen LogP contribution in [-0.2, 0) is 53.0 Å². The SMILES string of the molecule is CC(C)(C)c1cc([N-]c2ccccc2)c([O-])c(C(C)(C)C)c1.CC(C)(C)c1cc([N-]c2ccccc2)c([O-])c(C(C)(C)C)c1.CC[N+](CC)(CC)CC.[O-2].[O-2].[Re]. The molecule has 4 rings (SSSR count). The van der Waals surface area contributed by atoms with Gasteiger partial charge in [0.05, 0.1) is 26.2 Å². The van der Waals surface area contributed by atoms with E-state index in [0.29, 0.717) is 11.4 Å². The van der Waals surface area contributed by atoms with Crippen molar-refractivity contribution in [3.8, 4) is 11.5 Å². The van der Waals surface area contributed by atoms with Crippen molar-refractivity contribution in [1.29, 1.82) is 0 Å². The van der Waals surface area contributed by atoms with Gasteiger partial charge in [0, 0.05) is 20.4 Å². The Morgan fingerprint density at radius 3 is 0.911 bits per heavy atom. The Kier molecular flexibility index (Phi) is 22.0. The summed E-state index contributed by atoms with van der Waals surface area (Å²) in [4.78, 5) is 0. The van der Waals surface area contributed by atoms with Gasteiger partial charge in [0.15, 0.2) is 0 Å². The number of hydrogen-bond donors (Lipinski definition) is 0. The summed E-state index contributed by atoms with van der Waals surface area (Å²) in [5.41, 5.74) is 6.20. The van der Waals surface area contributed by atoms with Crippen LogP contribution in [0.3, 0.4) is 0 Å². The largest absolute Gasteiger partial charge is 2.00 e. The maximum atomic E-state index is 12.8. The van der Waals surface area contributed by atoms with Gasteiger partial charge in [-0.15, -0.1) is 34.2 Å². The van der Waals surface area contributed by atoms with Crippen LogP contribution in [0, 0.1) is 0 Å². The quantitative estimate of drug-likeness (QED) is 0.163. The van der Waals surface area contributed by atoms with Crippen LogP contribution < -0.4 is 10.2 Å². The molecule has 0 unspecified atom stereocenters. The van der Waals surface area contributed by atoms with Gasteiger partial charge < -0.3 is 36.3 Å². The Balaban J connectivity index is 0. The van der Waals surface area contributed by atoms with Crippen LogP contribution in [0.4, 0.5) is 22.7 Å². The molecule has 4 aromatic rings. The minimum absolute atomic E-state index is 0. The van der Waals surface area contributed by atoms with Crippen LogP contribution in [0.2, 0.25) is 0 Å². The van der Waals surface area contributed by atoms with Crippen molar-refractivity contribution in [2.75, 3.05) is 26.2 Å². The van der Waals surface area contributed by atoms with E-state index in [1.54, 1.807) is 0 Å². The Morgan fingerprint density at radius 1 is 0.446 bits per heavy atom. The van der Waals surface area contributed by atoms with Crippen LogP contribution in [0.1, 0.15) is 133 Å². The molecule has 7 nitrogen and oxygen atoms in total. The third-order valence-electron chi connectivity index (χ3n) is 10.2. The van der Waals surface area contributed by atoms with Crippen molar-refractivity contribution in [3.05, 3.63) is 118 Å². The number of hydrogen-bond acceptors (Lipinski definition) is 2. The zero-order valence-electron chi connectivity index (χ0n) is 37.3. The molecule has 0 aliphatic heterocycles. The van der Waals surface area contributed by atoms with E-state index in [1.807, 2.05) is 84.9 Å². The van der Waals surface area contributed by atoms with Gasteiger partial charge >= 0.3 is 0 Å². The minimum Gasteiger partial charge on any atom is -2.00 e. The standard InChI is InChI=1S/2C20H26NO.C8H20N.2O.Re/c2*1-19(2,3)14-12-16(20(4,5)6)18(22)17(13-14)21-15-10-8-7-9-11-15;1-5-9(6-2,7-3)8-4;;;/h2*7-13,22H,1-6H3;5-8H2,1-4H3;;;/q2*-1;+1;2*-2;/p-2. The van der Waals surface area contributed by atoms with Gasteiger partial charge in [-0.05, 0) is 60.5 Å². The van der Waals surface area contributed by atoms with Crippen LogP contribution in [0.15, 0.2) is 84.9 Å². The average molecular weight is 939 g/mol. The molecule has 0 atom stereocenters. The topological polar surface area (TPSA) is 131 Å². The first kappa shape index (κ1) is 54.7. The Morgan fingerprint density at radius 2 is 0.714 bits per heavy atom. The summed E-state index contributed by atoms with van der Waals surface area (Å²) in [5, 5.41) is 34.8. The van der Waals surface area contributed by atoms with E-state index in [9.17, 15) is 10.2 Å². The summed E-state index contributed by atoms with van der Waals surface area (Å²) < 4.78 is 1.28. The molecular formula is C48H70N3O4Re-7. The fourth-order valence-electron chi connectivity index (χ4n) is 6.00. The normalized spacial score (nSPS) is 11.6. The van der Waals surface area contributed by atoms with E-state index in [-0.39, 0.29) is 64.5 Å². The molecule has 0 N–H and O–H groups in total. The predicted molar refractivity (Wildman–Crippen MR) is 229 cm³/mol. The smallest absolute Gasteiger partial charge is 0.0757 e. The molecule has 0 bridgehead atoms. The van der Waals surface area contributed by atoms with Crippen LogP contribution in [-0.4, -0.2) is 30.7 Å². The zero-order valence-corrected chi connectivity index (χ0v) is 40.0. The molecule has 8 heteroatoms. The number of nitrogens with zero attached hydrogens (tertiary/aromatic N) is 3. The predicted octanol–water partition coefficient (Wildman–Crippen LogP) is 13.0. The Labute approximate surface area is 355 Å². The monoisotopic (exact) mass is 939 g/mol. The summed E-state index contributed by atoms with van der Waals surface area (Å²) in [5.74, 6) is 0.0636. The fourth-order valence-corrected chi connectivity index (χ4v) is 6.00. The summed E-state index contributed by atoms with van der Waals surface area (Å²) >= 11 is 0. The van der Waals surface area contributed by atoms with Crippen LogP contribution in [0.5, 0.6) is 11.5 Å². The average Bonchev–Trinajstić information content (AvgIpc) is 3.07. The van der Waals surface area contributed by atoms with Crippen molar-refractivity contribution in [1.82, 2.24) is 0 Å². The van der Waals surface area contributed by atoms with Gasteiger partial charge in [-0.1, -0.05) is 179 Å². The molecule has 0 aromatic heterocycles. The van der Waals surface area contributed by atoms with Gasteiger partial charge in [-0.3, -0.25) is 0 Å². The molecule has 0 amide bonds. The second-order valence-corrected chi connectivity index (χ2v) is 18.2. The van der Waals surface area contributed by atoms with Gasteiger partial charge in [0.1, 0.15) is 0 Å². The van der Waals surface area contributed by atoms with E-state index in [4.69, 9.17) is 0 Å². The van der Waals surface area contributed by atoms with Crippen molar-refractivity contribution in [3.63, 3.8) is 0 Å². The molecule has 315 valence electrons. The molecule has 0 aliphatic carbocycles. The van der Waals surface area contributed by atoms with Gasteiger partial charge in [0.25, 0.3) is 0 Å². The number of benzene rings is 4. The molecule has 56 heavy (non-hydrogen) atoms. The van der Waals surface area contributed by atoms with Crippen molar-refractivity contribution in [2.24, 2.45) is 0 Å². The molecule has 0 spiro atoms. The molecule has 0 saturated carbocycles. The molecule has 1 radical (unpaired) electrons. The number of rotatable bonds is 8. The summed E-state index contributed by atoms with van der Waals surface area (Å²) in [6.07, 6.45) is 0. The van der Waals surface area contributed by atoms with Crippen LogP contribution in [0.25, 0.3) is 10.6 Å².